The summed E-state index contributed by atoms with van der Waals surface area (Å²) in [5.41, 5.74) is 6.74. The van der Waals surface area contributed by atoms with Gasteiger partial charge in [-0.1, -0.05) is 36.4 Å². The Morgan fingerprint density at radius 2 is 1.00 bits per heavy atom. The van der Waals surface area contributed by atoms with Gasteiger partial charge in [0.15, 0.2) is 0 Å². The second-order valence-corrected chi connectivity index (χ2v) is 2.86. The third-order valence-electron chi connectivity index (χ3n) is 1.84. The average molecular weight is 200 g/mol. The maximum Gasteiger partial charge on any atom is 0.0384 e. The zero-order valence-electron chi connectivity index (χ0n) is 8.85. The predicted molar refractivity (Wildman–Crippen MR) is 66.3 cm³/mol. The van der Waals surface area contributed by atoms with Crippen molar-refractivity contribution in [3.63, 3.8) is 0 Å². The topological polar surface area (TPSA) is 38.0 Å². The SMILES string of the molecule is CN.c1ccc(Nc2ccccc2)cc1. The van der Waals surface area contributed by atoms with Crippen LogP contribution in [-0.2, 0) is 0 Å². The van der Waals surface area contributed by atoms with Gasteiger partial charge >= 0.3 is 0 Å². The van der Waals surface area contributed by atoms with Crippen LogP contribution in [0.3, 0.4) is 0 Å². The highest BCUT2D eigenvalue weighted by atomic mass is 14.9. The number of hydrogen-bond acceptors (Lipinski definition) is 2. The molecule has 2 heteroatoms. The zero-order valence-corrected chi connectivity index (χ0v) is 8.85. The quantitative estimate of drug-likeness (QED) is 0.782. The lowest BCUT2D eigenvalue weighted by Gasteiger charge is -2.04. The molecule has 0 amide bonds. The summed E-state index contributed by atoms with van der Waals surface area (Å²) in [5, 5.41) is 3.30. The molecular weight excluding hydrogens is 184 g/mol. The molecule has 0 saturated carbocycles. The molecule has 0 heterocycles. The molecule has 0 atom stereocenters. The number of anilines is 2. The molecule has 0 spiro atoms. The average Bonchev–Trinajstić information content (AvgIpc) is 2.34. The number of benzene rings is 2. The van der Waals surface area contributed by atoms with Crippen LogP contribution in [0.1, 0.15) is 0 Å². The Morgan fingerprint density at radius 3 is 1.33 bits per heavy atom. The van der Waals surface area contributed by atoms with Crippen molar-refractivity contribution in [1.29, 1.82) is 0 Å². The molecule has 0 aliphatic heterocycles. The zero-order chi connectivity index (χ0) is 10.9. The molecular formula is C13H16N2. The van der Waals surface area contributed by atoms with Gasteiger partial charge in [-0.15, -0.1) is 0 Å². The number of hydrogen-bond donors (Lipinski definition) is 2. The molecule has 0 radical (unpaired) electrons. The molecule has 0 aliphatic carbocycles. The van der Waals surface area contributed by atoms with Gasteiger partial charge < -0.3 is 11.1 Å². The summed E-state index contributed by atoms with van der Waals surface area (Å²) in [6.45, 7) is 0. The van der Waals surface area contributed by atoms with Crippen LogP contribution in [0.5, 0.6) is 0 Å². The predicted octanol–water partition coefficient (Wildman–Crippen LogP) is 3.01. The van der Waals surface area contributed by atoms with Crippen LogP contribution < -0.4 is 11.1 Å². The van der Waals surface area contributed by atoms with E-state index in [0.29, 0.717) is 0 Å². The van der Waals surface area contributed by atoms with Crippen LogP contribution >= 0.6 is 0 Å². The third-order valence-corrected chi connectivity index (χ3v) is 1.84. The summed E-state index contributed by atoms with van der Waals surface area (Å²) in [6, 6.07) is 20.3. The van der Waals surface area contributed by atoms with Gasteiger partial charge in [-0.3, -0.25) is 0 Å². The molecule has 0 aromatic heterocycles. The molecule has 3 N–H and O–H groups in total. The smallest absolute Gasteiger partial charge is 0.0384 e. The molecule has 78 valence electrons. The van der Waals surface area contributed by atoms with E-state index in [1.807, 2.05) is 60.7 Å². The molecule has 2 aromatic rings. The molecule has 0 unspecified atom stereocenters. The van der Waals surface area contributed by atoms with E-state index in [4.69, 9.17) is 0 Å². The van der Waals surface area contributed by atoms with Gasteiger partial charge in [-0.25, -0.2) is 0 Å². The first kappa shape index (κ1) is 11.3. The fourth-order valence-electron chi connectivity index (χ4n) is 1.21. The van der Waals surface area contributed by atoms with Gasteiger partial charge in [-0.05, 0) is 31.3 Å². The van der Waals surface area contributed by atoms with Gasteiger partial charge in [0.2, 0.25) is 0 Å². The number of rotatable bonds is 2. The van der Waals surface area contributed by atoms with Gasteiger partial charge in [0.05, 0.1) is 0 Å². The number of nitrogens with two attached hydrogens (primary N) is 1. The van der Waals surface area contributed by atoms with E-state index < -0.39 is 0 Å². The van der Waals surface area contributed by atoms with Crippen molar-refractivity contribution in [3.05, 3.63) is 60.7 Å². The number of para-hydroxylation sites is 2. The molecule has 2 rings (SSSR count). The minimum Gasteiger partial charge on any atom is -0.356 e. The molecule has 0 fully saturated rings. The highest BCUT2D eigenvalue weighted by Gasteiger charge is 1.89. The van der Waals surface area contributed by atoms with Gasteiger partial charge in [0, 0.05) is 11.4 Å². The standard InChI is InChI=1S/C12H11N.CH5N/c1-3-7-11(8-4-1)13-12-9-5-2-6-10-12;1-2/h1-10,13H;2H2,1H3. The summed E-state index contributed by atoms with van der Waals surface area (Å²) in [5.74, 6) is 0. The van der Waals surface area contributed by atoms with E-state index >= 15 is 0 Å². The largest absolute Gasteiger partial charge is 0.356 e. The Bertz CT molecular complexity index is 319. The van der Waals surface area contributed by atoms with Crippen LogP contribution in [-0.4, -0.2) is 7.05 Å². The lowest BCUT2D eigenvalue weighted by Crippen LogP contribution is -1.87. The first-order valence-electron chi connectivity index (χ1n) is 4.90. The molecule has 0 saturated heterocycles. The Labute approximate surface area is 90.7 Å². The summed E-state index contributed by atoms with van der Waals surface area (Å²) < 4.78 is 0. The molecule has 2 aromatic carbocycles. The van der Waals surface area contributed by atoms with Crippen molar-refractivity contribution in [2.45, 2.75) is 0 Å². The number of nitrogens with one attached hydrogen (secondary N) is 1. The first-order chi connectivity index (χ1) is 7.45. The summed E-state index contributed by atoms with van der Waals surface area (Å²) in [4.78, 5) is 0. The van der Waals surface area contributed by atoms with Crippen molar-refractivity contribution < 1.29 is 0 Å². The summed E-state index contributed by atoms with van der Waals surface area (Å²) in [7, 11) is 1.50. The van der Waals surface area contributed by atoms with Gasteiger partial charge in [0.1, 0.15) is 0 Å². The van der Waals surface area contributed by atoms with Crippen molar-refractivity contribution in [2.24, 2.45) is 5.73 Å². The van der Waals surface area contributed by atoms with E-state index in [-0.39, 0.29) is 0 Å². The molecule has 0 aliphatic rings. The minimum absolute atomic E-state index is 1.12. The minimum atomic E-state index is 1.12. The van der Waals surface area contributed by atoms with E-state index in [0.717, 1.165) is 11.4 Å². The fraction of sp³-hybridized carbons (Fsp3) is 0.0769. The Kier molecular flexibility index (Phi) is 4.98. The van der Waals surface area contributed by atoms with E-state index in [2.05, 4.69) is 11.1 Å². The molecule has 2 nitrogen and oxygen atoms in total. The lowest BCUT2D eigenvalue weighted by atomic mass is 10.3. The summed E-state index contributed by atoms with van der Waals surface area (Å²) >= 11 is 0. The van der Waals surface area contributed by atoms with Gasteiger partial charge in [0.25, 0.3) is 0 Å². The van der Waals surface area contributed by atoms with Crippen LogP contribution in [0.4, 0.5) is 11.4 Å². The van der Waals surface area contributed by atoms with Crippen molar-refractivity contribution in [3.8, 4) is 0 Å². The maximum atomic E-state index is 4.50. The Morgan fingerprint density at radius 1 is 0.667 bits per heavy atom. The fourth-order valence-corrected chi connectivity index (χ4v) is 1.21. The van der Waals surface area contributed by atoms with Crippen LogP contribution in [0.15, 0.2) is 60.7 Å². The van der Waals surface area contributed by atoms with Crippen LogP contribution in [0.25, 0.3) is 0 Å². The second-order valence-electron chi connectivity index (χ2n) is 2.86. The highest BCUT2D eigenvalue weighted by Crippen LogP contribution is 2.14. The van der Waals surface area contributed by atoms with E-state index in [1.165, 1.54) is 7.05 Å². The summed E-state index contributed by atoms with van der Waals surface area (Å²) in [6.07, 6.45) is 0. The third kappa shape index (κ3) is 3.83. The molecule has 15 heavy (non-hydrogen) atoms. The van der Waals surface area contributed by atoms with E-state index in [9.17, 15) is 0 Å². The van der Waals surface area contributed by atoms with Crippen LogP contribution in [0, 0.1) is 0 Å². The Hall–Kier alpha value is -1.80. The lowest BCUT2D eigenvalue weighted by molar-refractivity contribution is 1.48. The first-order valence-corrected chi connectivity index (χ1v) is 4.90. The van der Waals surface area contributed by atoms with Crippen LogP contribution in [0.2, 0.25) is 0 Å². The maximum absolute atomic E-state index is 4.50. The normalized spacial score (nSPS) is 8.67. The van der Waals surface area contributed by atoms with Crippen molar-refractivity contribution in [2.75, 3.05) is 12.4 Å². The second kappa shape index (κ2) is 6.62. The van der Waals surface area contributed by atoms with Crippen molar-refractivity contribution >= 4 is 11.4 Å². The van der Waals surface area contributed by atoms with Crippen molar-refractivity contribution in [1.82, 2.24) is 0 Å². The van der Waals surface area contributed by atoms with E-state index in [1.54, 1.807) is 0 Å². The Balaban J connectivity index is 0.000000531. The monoisotopic (exact) mass is 200 g/mol. The molecule has 0 bridgehead atoms. The highest BCUT2D eigenvalue weighted by molar-refractivity contribution is 5.58. The van der Waals surface area contributed by atoms with Gasteiger partial charge in [-0.2, -0.15) is 0 Å².